The van der Waals surface area contributed by atoms with E-state index in [4.69, 9.17) is 10.8 Å². The van der Waals surface area contributed by atoms with Crippen molar-refractivity contribution in [3.63, 3.8) is 0 Å². The molecule has 0 aliphatic heterocycles. The van der Waals surface area contributed by atoms with Crippen molar-refractivity contribution >= 4 is 0 Å². The van der Waals surface area contributed by atoms with Gasteiger partial charge in [0, 0.05) is 0 Å². The van der Waals surface area contributed by atoms with E-state index in [0.717, 1.165) is 0 Å². The fraction of sp³-hybridized carbons (Fsp3) is 1.00. The largest absolute Gasteiger partial charge is 0.406 e. The van der Waals surface area contributed by atoms with Gasteiger partial charge in [-0.25, -0.2) is 0 Å². The van der Waals surface area contributed by atoms with Gasteiger partial charge in [-0.05, 0) is 5.92 Å². The zero-order chi connectivity index (χ0) is 9.23. The van der Waals surface area contributed by atoms with E-state index in [1.807, 2.05) is 0 Å². The van der Waals surface area contributed by atoms with E-state index < -0.39 is 24.2 Å². The second kappa shape index (κ2) is 3.40. The molecule has 2 nitrogen and oxygen atoms in total. The number of halogens is 3. The second-order valence-electron chi connectivity index (χ2n) is 2.80. The first-order valence-electron chi connectivity index (χ1n) is 3.27. The van der Waals surface area contributed by atoms with Crippen LogP contribution in [0.4, 0.5) is 13.2 Å². The predicted molar refractivity (Wildman–Crippen MR) is 34.9 cm³/mol. The van der Waals surface area contributed by atoms with Gasteiger partial charge in [-0.3, -0.25) is 0 Å². The number of nitrogens with two attached hydrogens (primary N) is 1. The van der Waals surface area contributed by atoms with Crippen LogP contribution in [0.1, 0.15) is 13.8 Å². The van der Waals surface area contributed by atoms with Crippen LogP contribution in [0.5, 0.6) is 0 Å². The van der Waals surface area contributed by atoms with Crippen molar-refractivity contribution in [1.29, 1.82) is 0 Å². The number of hydrogen-bond acceptors (Lipinski definition) is 2. The molecular formula is C6H12F3NO. The molecular weight excluding hydrogens is 159 g/mol. The van der Waals surface area contributed by atoms with Gasteiger partial charge >= 0.3 is 6.18 Å². The molecule has 0 aromatic carbocycles. The van der Waals surface area contributed by atoms with Gasteiger partial charge < -0.3 is 10.8 Å². The van der Waals surface area contributed by atoms with E-state index in [1.165, 1.54) is 13.8 Å². The highest BCUT2D eigenvalue weighted by Crippen LogP contribution is 2.23. The Morgan fingerprint density at radius 3 is 1.73 bits per heavy atom. The lowest BCUT2D eigenvalue weighted by molar-refractivity contribution is -0.173. The Balaban J connectivity index is 4.13. The highest BCUT2D eigenvalue weighted by molar-refractivity contribution is 4.80. The topological polar surface area (TPSA) is 46.2 Å². The Morgan fingerprint density at radius 2 is 1.64 bits per heavy atom. The molecule has 0 aromatic rings. The minimum atomic E-state index is -4.51. The molecule has 0 heterocycles. The van der Waals surface area contributed by atoms with E-state index in [1.54, 1.807) is 0 Å². The van der Waals surface area contributed by atoms with Crippen LogP contribution in [0.25, 0.3) is 0 Å². The van der Waals surface area contributed by atoms with Crippen molar-refractivity contribution in [3.05, 3.63) is 0 Å². The first kappa shape index (κ1) is 10.7. The third-order valence-electron chi connectivity index (χ3n) is 1.43. The molecule has 11 heavy (non-hydrogen) atoms. The fourth-order valence-corrected chi connectivity index (χ4v) is 0.608. The average molecular weight is 171 g/mol. The van der Waals surface area contributed by atoms with Crippen LogP contribution in [0.3, 0.4) is 0 Å². The van der Waals surface area contributed by atoms with Crippen LogP contribution < -0.4 is 5.73 Å². The molecule has 0 bridgehead atoms. The Kier molecular flexibility index (Phi) is 3.31. The third-order valence-corrected chi connectivity index (χ3v) is 1.43. The minimum absolute atomic E-state index is 0.480. The number of hydrogen-bond donors (Lipinski definition) is 2. The molecule has 3 N–H and O–H groups in total. The molecule has 2 atom stereocenters. The van der Waals surface area contributed by atoms with Crippen molar-refractivity contribution in [2.45, 2.75) is 32.2 Å². The van der Waals surface area contributed by atoms with E-state index in [0.29, 0.717) is 0 Å². The summed E-state index contributed by atoms with van der Waals surface area (Å²) in [5, 5.41) is 8.89. The van der Waals surface area contributed by atoms with Gasteiger partial charge in [-0.2, -0.15) is 13.2 Å². The molecule has 0 saturated carbocycles. The Bertz CT molecular complexity index is 123. The smallest absolute Gasteiger partial charge is 0.391 e. The summed E-state index contributed by atoms with van der Waals surface area (Å²) in [7, 11) is 0. The maximum Gasteiger partial charge on any atom is 0.406 e. The summed E-state index contributed by atoms with van der Waals surface area (Å²) in [6.07, 6.45) is -6.03. The van der Waals surface area contributed by atoms with Gasteiger partial charge in [0.15, 0.2) is 0 Å². The van der Waals surface area contributed by atoms with Crippen molar-refractivity contribution in [2.75, 3.05) is 0 Å². The number of aliphatic hydroxyl groups excluding tert-OH is 1. The summed E-state index contributed by atoms with van der Waals surface area (Å²) >= 11 is 0. The molecule has 0 aliphatic rings. The van der Waals surface area contributed by atoms with E-state index in [-0.39, 0.29) is 0 Å². The Labute approximate surface area is 63.2 Å². The molecule has 0 unspecified atom stereocenters. The van der Waals surface area contributed by atoms with Crippen LogP contribution in [-0.2, 0) is 0 Å². The van der Waals surface area contributed by atoms with E-state index >= 15 is 0 Å². The van der Waals surface area contributed by atoms with E-state index in [9.17, 15) is 13.2 Å². The maximum atomic E-state index is 11.8. The minimum Gasteiger partial charge on any atom is -0.391 e. The van der Waals surface area contributed by atoms with Crippen molar-refractivity contribution < 1.29 is 18.3 Å². The summed E-state index contributed by atoms with van der Waals surface area (Å²) in [6, 6.07) is -2.14. The van der Waals surface area contributed by atoms with Crippen LogP contribution in [0.15, 0.2) is 0 Å². The van der Waals surface area contributed by atoms with E-state index in [2.05, 4.69) is 0 Å². The number of alkyl halides is 3. The second-order valence-corrected chi connectivity index (χ2v) is 2.80. The zero-order valence-electron chi connectivity index (χ0n) is 6.39. The zero-order valence-corrected chi connectivity index (χ0v) is 6.39. The van der Waals surface area contributed by atoms with Gasteiger partial charge in [0.2, 0.25) is 0 Å². The molecule has 68 valence electrons. The Hall–Kier alpha value is -0.290. The van der Waals surface area contributed by atoms with Crippen LogP contribution >= 0.6 is 0 Å². The molecule has 0 saturated heterocycles. The molecule has 0 rings (SSSR count). The van der Waals surface area contributed by atoms with Gasteiger partial charge in [-0.1, -0.05) is 13.8 Å². The van der Waals surface area contributed by atoms with Crippen molar-refractivity contribution in [2.24, 2.45) is 11.7 Å². The predicted octanol–water partition coefficient (Wildman–Crippen LogP) is 0.893. The van der Waals surface area contributed by atoms with Crippen molar-refractivity contribution in [1.82, 2.24) is 0 Å². The van der Waals surface area contributed by atoms with Gasteiger partial charge in [-0.15, -0.1) is 0 Å². The summed E-state index contributed by atoms with van der Waals surface area (Å²) in [5.74, 6) is -0.480. The average Bonchev–Trinajstić information content (AvgIpc) is 1.82. The molecule has 0 aromatic heterocycles. The van der Waals surface area contributed by atoms with Crippen LogP contribution in [0.2, 0.25) is 0 Å². The lowest BCUT2D eigenvalue weighted by Crippen LogP contribution is -2.49. The lowest BCUT2D eigenvalue weighted by Gasteiger charge is -2.23. The van der Waals surface area contributed by atoms with Crippen LogP contribution in [0, 0.1) is 5.92 Å². The van der Waals surface area contributed by atoms with Crippen LogP contribution in [-0.4, -0.2) is 23.4 Å². The van der Waals surface area contributed by atoms with Gasteiger partial charge in [0.05, 0.1) is 6.10 Å². The maximum absolute atomic E-state index is 11.8. The first-order valence-corrected chi connectivity index (χ1v) is 3.27. The van der Waals surface area contributed by atoms with Gasteiger partial charge in [0.25, 0.3) is 0 Å². The molecule has 0 amide bonds. The summed E-state index contributed by atoms with van der Waals surface area (Å²) < 4.78 is 35.3. The summed E-state index contributed by atoms with van der Waals surface area (Å²) in [4.78, 5) is 0. The molecule has 0 aliphatic carbocycles. The SMILES string of the molecule is CC(C)[C@@H](O)[C@@H](N)C(F)(F)F. The quantitative estimate of drug-likeness (QED) is 0.648. The normalized spacial score (nSPS) is 18.5. The highest BCUT2D eigenvalue weighted by atomic mass is 19.4. The summed E-state index contributed by atoms with van der Waals surface area (Å²) in [5.41, 5.74) is 4.72. The Morgan fingerprint density at radius 1 is 1.27 bits per heavy atom. The summed E-state index contributed by atoms with van der Waals surface area (Å²) in [6.45, 7) is 2.96. The van der Waals surface area contributed by atoms with Crippen molar-refractivity contribution in [3.8, 4) is 0 Å². The third kappa shape index (κ3) is 3.07. The lowest BCUT2D eigenvalue weighted by atomic mass is 10.0. The standard InChI is InChI=1S/C6H12F3NO/c1-3(2)4(11)5(10)6(7,8)9/h3-5,11H,10H2,1-2H3/t4-,5-/m1/s1. The number of aliphatic hydroxyl groups is 1. The fourth-order valence-electron chi connectivity index (χ4n) is 0.608. The highest BCUT2D eigenvalue weighted by Gasteiger charge is 2.42. The molecule has 5 heteroatoms. The molecule has 0 radical (unpaired) electrons. The first-order chi connectivity index (χ1) is 4.76. The molecule has 0 spiro atoms. The monoisotopic (exact) mass is 171 g/mol. The van der Waals surface area contributed by atoms with Gasteiger partial charge in [0.1, 0.15) is 6.04 Å². The molecule has 0 fully saturated rings. The number of rotatable bonds is 2.